The maximum absolute atomic E-state index is 13.8. The molecule has 0 spiro atoms. The smallest absolute Gasteiger partial charge is 0.251 e. The van der Waals surface area contributed by atoms with Crippen LogP contribution in [0.15, 0.2) is 53.6 Å². The van der Waals surface area contributed by atoms with Crippen LogP contribution in [0, 0.1) is 12.7 Å². The Morgan fingerprint density at radius 1 is 1.30 bits per heavy atom. The number of aryl methyl sites for hydroxylation is 1. The molecule has 2 aromatic rings. The SMILES string of the molecule is Cc1ccc(C(=O)NC2CC2)cc1N1CSC=C1COc1ccccc1F. The summed E-state index contributed by atoms with van der Waals surface area (Å²) in [4.78, 5) is 14.5. The van der Waals surface area contributed by atoms with Crippen LogP contribution < -0.4 is 15.0 Å². The number of nitrogens with one attached hydrogen (secondary N) is 1. The quantitative estimate of drug-likeness (QED) is 0.799. The average Bonchev–Trinajstić information content (AvgIpc) is 3.36. The predicted molar refractivity (Wildman–Crippen MR) is 107 cm³/mol. The Hall–Kier alpha value is -2.47. The lowest BCUT2D eigenvalue weighted by molar-refractivity contribution is 0.0951. The van der Waals surface area contributed by atoms with Gasteiger partial charge in [0.2, 0.25) is 0 Å². The van der Waals surface area contributed by atoms with E-state index in [2.05, 4.69) is 10.2 Å². The number of anilines is 1. The summed E-state index contributed by atoms with van der Waals surface area (Å²) >= 11 is 1.66. The Labute approximate surface area is 162 Å². The van der Waals surface area contributed by atoms with E-state index in [4.69, 9.17) is 4.74 Å². The molecule has 1 heterocycles. The van der Waals surface area contributed by atoms with Gasteiger partial charge >= 0.3 is 0 Å². The number of carbonyl (C=O) groups is 1. The van der Waals surface area contributed by atoms with E-state index < -0.39 is 0 Å². The van der Waals surface area contributed by atoms with Gasteiger partial charge in [0.15, 0.2) is 11.6 Å². The van der Waals surface area contributed by atoms with E-state index in [-0.39, 0.29) is 24.1 Å². The fraction of sp³-hybridized carbons (Fsp3) is 0.286. The van der Waals surface area contributed by atoms with Gasteiger partial charge in [0, 0.05) is 17.3 Å². The second-order valence-corrected chi connectivity index (χ2v) is 7.63. The fourth-order valence-corrected chi connectivity index (χ4v) is 3.86. The third kappa shape index (κ3) is 4.11. The van der Waals surface area contributed by atoms with E-state index in [1.807, 2.05) is 30.5 Å². The van der Waals surface area contributed by atoms with Gasteiger partial charge in [-0.15, -0.1) is 11.8 Å². The van der Waals surface area contributed by atoms with Crippen molar-refractivity contribution >= 4 is 23.4 Å². The Morgan fingerprint density at radius 2 is 2.11 bits per heavy atom. The van der Waals surface area contributed by atoms with E-state index in [9.17, 15) is 9.18 Å². The summed E-state index contributed by atoms with van der Waals surface area (Å²) in [6.07, 6.45) is 2.13. The Kier molecular flexibility index (Phi) is 5.07. The van der Waals surface area contributed by atoms with E-state index in [0.717, 1.165) is 35.7 Å². The van der Waals surface area contributed by atoms with Gasteiger partial charge in [0.25, 0.3) is 5.91 Å². The standard InChI is InChI=1S/C21H21FN2O2S/c1-14-6-7-15(21(25)23-16-8-9-16)10-19(14)24-13-27-12-17(24)11-26-20-5-3-2-4-18(20)22/h2-7,10,12,16H,8-9,11,13H2,1H3,(H,23,25). The van der Waals surface area contributed by atoms with E-state index >= 15 is 0 Å². The number of ether oxygens (including phenoxy) is 1. The Balaban J connectivity index is 1.50. The summed E-state index contributed by atoms with van der Waals surface area (Å²) in [5.74, 6) is 0.582. The van der Waals surface area contributed by atoms with E-state index in [1.54, 1.807) is 30.0 Å². The maximum atomic E-state index is 13.8. The second kappa shape index (κ2) is 7.64. The van der Waals surface area contributed by atoms with Gasteiger partial charge in [-0.2, -0.15) is 0 Å². The second-order valence-electron chi connectivity index (χ2n) is 6.80. The first kappa shape index (κ1) is 17.9. The van der Waals surface area contributed by atoms with Gasteiger partial charge in [-0.25, -0.2) is 4.39 Å². The number of benzene rings is 2. The van der Waals surface area contributed by atoms with Crippen molar-refractivity contribution in [3.63, 3.8) is 0 Å². The monoisotopic (exact) mass is 384 g/mol. The molecule has 2 aliphatic rings. The van der Waals surface area contributed by atoms with Crippen molar-refractivity contribution in [2.24, 2.45) is 0 Å². The zero-order chi connectivity index (χ0) is 18.8. The maximum Gasteiger partial charge on any atom is 0.251 e. The van der Waals surface area contributed by atoms with Crippen LogP contribution in [0.3, 0.4) is 0 Å². The van der Waals surface area contributed by atoms with Crippen LogP contribution in [0.2, 0.25) is 0 Å². The van der Waals surface area contributed by atoms with Crippen molar-refractivity contribution in [2.45, 2.75) is 25.8 Å². The van der Waals surface area contributed by atoms with Gasteiger partial charge in [-0.05, 0) is 55.0 Å². The van der Waals surface area contributed by atoms with Crippen molar-refractivity contribution in [2.75, 3.05) is 17.4 Å². The zero-order valence-electron chi connectivity index (χ0n) is 15.1. The summed E-state index contributed by atoms with van der Waals surface area (Å²) < 4.78 is 19.5. The lowest BCUT2D eigenvalue weighted by Gasteiger charge is -2.24. The highest BCUT2D eigenvalue weighted by atomic mass is 32.2. The number of halogens is 1. The summed E-state index contributed by atoms with van der Waals surface area (Å²) in [6.45, 7) is 2.29. The largest absolute Gasteiger partial charge is 0.484 e. The number of carbonyl (C=O) groups excluding carboxylic acids is 1. The van der Waals surface area contributed by atoms with Crippen molar-refractivity contribution in [3.05, 3.63) is 70.5 Å². The van der Waals surface area contributed by atoms with Crippen LogP contribution in [-0.4, -0.2) is 24.4 Å². The molecule has 1 amide bonds. The molecule has 1 N–H and O–H groups in total. The molecular formula is C21H21FN2O2S. The molecule has 4 rings (SSSR count). The average molecular weight is 384 g/mol. The van der Waals surface area contributed by atoms with Crippen molar-refractivity contribution in [3.8, 4) is 5.75 Å². The molecule has 1 saturated carbocycles. The Morgan fingerprint density at radius 3 is 2.89 bits per heavy atom. The van der Waals surface area contributed by atoms with Crippen LogP contribution >= 0.6 is 11.8 Å². The number of thioether (sulfide) groups is 1. The molecule has 6 heteroatoms. The normalized spacial score (nSPS) is 16.2. The highest BCUT2D eigenvalue weighted by Gasteiger charge is 2.25. The number of hydrogen-bond donors (Lipinski definition) is 1. The van der Waals surface area contributed by atoms with Crippen LogP contribution in [-0.2, 0) is 0 Å². The number of amides is 1. The van der Waals surface area contributed by atoms with Crippen LogP contribution in [0.4, 0.5) is 10.1 Å². The summed E-state index contributed by atoms with van der Waals surface area (Å²) in [5.41, 5.74) is 3.67. The predicted octanol–water partition coefficient (Wildman–Crippen LogP) is 4.46. The van der Waals surface area contributed by atoms with Crippen molar-refractivity contribution < 1.29 is 13.9 Å². The Bertz CT molecular complexity index is 896. The minimum absolute atomic E-state index is 0.0289. The molecule has 0 bridgehead atoms. The first-order chi connectivity index (χ1) is 13.1. The molecule has 0 aromatic heterocycles. The number of rotatable bonds is 6. The number of para-hydroxylation sites is 1. The lowest BCUT2D eigenvalue weighted by Crippen LogP contribution is -2.27. The first-order valence-electron chi connectivity index (χ1n) is 8.99. The van der Waals surface area contributed by atoms with Crippen LogP contribution in [0.1, 0.15) is 28.8 Å². The van der Waals surface area contributed by atoms with Crippen molar-refractivity contribution in [1.82, 2.24) is 5.32 Å². The molecule has 0 radical (unpaired) electrons. The molecule has 140 valence electrons. The van der Waals surface area contributed by atoms with Gasteiger partial charge in [0.1, 0.15) is 6.61 Å². The van der Waals surface area contributed by atoms with Gasteiger partial charge in [-0.1, -0.05) is 18.2 Å². The fourth-order valence-electron chi connectivity index (χ4n) is 2.94. The molecule has 0 atom stereocenters. The molecule has 0 saturated heterocycles. The van der Waals surface area contributed by atoms with Gasteiger partial charge < -0.3 is 15.0 Å². The molecule has 0 unspecified atom stereocenters. The molecule has 1 aliphatic heterocycles. The topological polar surface area (TPSA) is 41.6 Å². The molecule has 27 heavy (non-hydrogen) atoms. The summed E-state index contributed by atoms with van der Waals surface area (Å²) in [6, 6.07) is 12.5. The molecule has 1 aliphatic carbocycles. The first-order valence-corrected chi connectivity index (χ1v) is 10.0. The molecule has 2 aromatic carbocycles. The minimum Gasteiger partial charge on any atom is -0.484 e. The highest BCUT2D eigenvalue weighted by Crippen LogP contribution is 2.33. The highest BCUT2D eigenvalue weighted by molar-refractivity contribution is 8.02. The third-order valence-corrected chi connectivity index (χ3v) is 5.50. The van der Waals surface area contributed by atoms with Gasteiger partial charge in [-0.3, -0.25) is 4.79 Å². The summed E-state index contributed by atoms with van der Waals surface area (Å²) in [7, 11) is 0. The van der Waals surface area contributed by atoms with Crippen molar-refractivity contribution in [1.29, 1.82) is 0 Å². The minimum atomic E-state index is -0.370. The number of hydrogen-bond acceptors (Lipinski definition) is 4. The molecule has 1 fully saturated rings. The lowest BCUT2D eigenvalue weighted by atomic mass is 10.1. The summed E-state index contributed by atoms with van der Waals surface area (Å²) in [5, 5.41) is 5.05. The van der Waals surface area contributed by atoms with Crippen LogP contribution in [0.5, 0.6) is 5.75 Å². The molecular weight excluding hydrogens is 363 g/mol. The van der Waals surface area contributed by atoms with E-state index in [0.29, 0.717) is 11.6 Å². The van der Waals surface area contributed by atoms with Crippen LogP contribution in [0.25, 0.3) is 0 Å². The van der Waals surface area contributed by atoms with Gasteiger partial charge in [0.05, 0.1) is 11.6 Å². The molecule has 4 nitrogen and oxygen atoms in total. The number of nitrogens with zero attached hydrogens (tertiary/aromatic N) is 1. The van der Waals surface area contributed by atoms with E-state index in [1.165, 1.54) is 6.07 Å². The third-order valence-electron chi connectivity index (χ3n) is 4.66. The zero-order valence-corrected chi connectivity index (χ0v) is 15.9.